The first kappa shape index (κ1) is 17.7. The van der Waals surface area contributed by atoms with Gasteiger partial charge in [-0.2, -0.15) is 0 Å². The van der Waals surface area contributed by atoms with Crippen molar-refractivity contribution in [1.29, 1.82) is 0 Å². The molecule has 1 amide bonds. The third-order valence-electron chi connectivity index (χ3n) is 4.47. The van der Waals surface area contributed by atoms with E-state index in [9.17, 15) is 4.79 Å². The third kappa shape index (κ3) is 4.51. The molecule has 0 bridgehead atoms. The van der Waals surface area contributed by atoms with Crippen molar-refractivity contribution < 1.29 is 9.53 Å². The topological polar surface area (TPSA) is 38.3 Å². The first-order valence-corrected chi connectivity index (χ1v) is 8.78. The Bertz CT molecular complexity index is 870. The average Bonchev–Trinajstić information content (AvgIpc) is 2.67. The molecule has 26 heavy (non-hydrogen) atoms. The highest BCUT2D eigenvalue weighted by Crippen LogP contribution is 2.20. The average molecular weight is 345 g/mol. The van der Waals surface area contributed by atoms with E-state index in [1.807, 2.05) is 62.4 Å². The van der Waals surface area contributed by atoms with E-state index < -0.39 is 0 Å². The van der Waals surface area contributed by atoms with Gasteiger partial charge in [-0.05, 0) is 60.9 Å². The SMILES string of the molecule is Cc1cccc(NC(=O)c2ccc(OCCc3ccccc3)cc2)c1C. The number of nitrogens with one attached hydrogen (secondary N) is 1. The summed E-state index contributed by atoms with van der Waals surface area (Å²) in [6.45, 7) is 4.65. The van der Waals surface area contributed by atoms with Crippen molar-refractivity contribution in [2.45, 2.75) is 20.3 Å². The molecule has 0 unspecified atom stereocenters. The Hall–Kier alpha value is -3.07. The van der Waals surface area contributed by atoms with Crippen LogP contribution in [0.3, 0.4) is 0 Å². The van der Waals surface area contributed by atoms with E-state index in [1.54, 1.807) is 12.1 Å². The maximum absolute atomic E-state index is 12.4. The Balaban J connectivity index is 1.56. The zero-order chi connectivity index (χ0) is 18.4. The molecule has 1 N–H and O–H groups in total. The number of rotatable bonds is 6. The van der Waals surface area contributed by atoms with Crippen molar-refractivity contribution in [1.82, 2.24) is 0 Å². The minimum Gasteiger partial charge on any atom is -0.493 e. The van der Waals surface area contributed by atoms with Crippen LogP contribution in [0.1, 0.15) is 27.0 Å². The lowest BCUT2D eigenvalue weighted by molar-refractivity contribution is 0.102. The lowest BCUT2D eigenvalue weighted by Crippen LogP contribution is -2.13. The highest BCUT2D eigenvalue weighted by Gasteiger charge is 2.08. The molecule has 3 aromatic carbocycles. The molecule has 0 aliphatic heterocycles. The molecule has 0 saturated carbocycles. The van der Waals surface area contributed by atoms with E-state index in [4.69, 9.17) is 4.74 Å². The predicted octanol–water partition coefficient (Wildman–Crippen LogP) is 5.18. The summed E-state index contributed by atoms with van der Waals surface area (Å²) in [5.74, 6) is 0.652. The molecule has 3 heteroatoms. The molecule has 0 spiro atoms. The number of amides is 1. The Morgan fingerprint density at radius 1 is 0.885 bits per heavy atom. The number of ether oxygens (including phenoxy) is 1. The fourth-order valence-electron chi connectivity index (χ4n) is 2.71. The monoisotopic (exact) mass is 345 g/mol. The van der Waals surface area contributed by atoms with Gasteiger partial charge in [0.25, 0.3) is 5.91 Å². The summed E-state index contributed by atoms with van der Waals surface area (Å²) in [7, 11) is 0. The van der Waals surface area contributed by atoms with E-state index in [-0.39, 0.29) is 5.91 Å². The number of aryl methyl sites for hydroxylation is 1. The summed E-state index contributed by atoms with van der Waals surface area (Å²) >= 11 is 0. The second-order valence-electron chi connectivity index (χ2n) is 6.31. The zero-order valence-corrected chi connectivity index (χ0v) is 15.2. The largest absolute Gasteiger partial charge is 0.493 e. The Morgan fingerprint density at radius 3 is 2.35 bits per heavy atom. The number of benzene rings is 3. The van der Waals surface area contributed by atoms with Crippen molar-refractivity contribution in [3.8, 4) is 5.75 Å². The van der Waals surface area contributed by atoms with Crippen LogP contribution in [-0.4, -0.2) is 12.5 Å². The lowest BCUT2D eigenvalue weighted by atomic mass is 10.1. The van der Waals surface area contributed by atoms with Crippen LogP contribution in [0.4, 0.5) is 5.69 Å². The van der Waals surface area contributed by atoms with Gasteiger partial charge in [0.15, 0.2) is 0 Å². The molecular weight excluding hydrogens is 322 g/mol. The van der Waals surface area contributed by atoms with Crippen molar-refractivity contribution in [2.24, 2.45) is 0 Å². The molecule has 3 aromatic rings. The number of hydrogen-bond donors (Lipinski definition) is 1. The van der Waals surface area contributed by atoms with Crippen LogP contribution in [0.2, 0.25) is 0 Å². The van der Waals surface area contributed by atoms with Gasteiger partial charge in [0.1, 0.15) is 5.75 Å². The summed E-state index contributed by atoms with van der Waals surface area (Å²) in [5.41, 5.74) is 4.95. The van der Waals surface area contributed by atoms with Crippen LogP contribution < -0.4 is 10.1 Å². The van der Waals surface area contributed by atoms with Crippen LogP contribution in [0, 0.1) is 13.8 Å². The van der Waals surface area contributed by atoms with E-state index in [2.05, 4.69) is 17.4 Å². The normalized spacial score (nSPS) is 10.4. The summed E-state index contributed by atoms with van der Waals surface area (Å²) in [5, 5.41) is 2.97. The fraction of sp³-hybridized carbons (Fsp3) is 0.174. The summed E-state index contributed by atoms with van der Waals surface area (Å²) in [4.78, 5) is 12.4. The smallest absolute Gasteiger partial charge is 0.255 e. The molecule has 3 rings (SSSR count). The number of carbonyl (C=O) groups excluding carboxylic acids is 1. The van der Waals surface area contributed by atoms with Gasteiger partial charge in [-0.3, -0.25) is 4.79 Å². The van der Waals surface area contributed by atoms with Gasteiger partial charge in [-0.25, -0.2) is 0 Å². The van der Waals surface area contributed by atoms with Gasteiger partial charge in [0, 0.05) is 17.7 Å². The van der Waals surface area contributed by atoms with Gasteiger partial charge >= 0.3 is 0 Å². The molecule has 0 radical (unpaired) electrons. The highest BCUT2D eigenvalue weighted by atomic mass is 16.5. The standard InChI is InChI=1S/C23H23NO2/c1-17-7-6-10-22(18(17)2)24-23(25)20-11-13-21(14-12-20)26-16-15-19-8-4-3-5-9-19/h3-14H,15-16H2,1-2H3,(H,24,25). The van der Waals surface area contributed by atoms with E-state index in [0.29, 0.717) is 12.2 Å². The molecular formula is C23H23NO2. The van der Waals surface area contributed by atoms with E-state index in [1.165, 1.54) is 5.56 Å². The summed E-state index contributed by atoms with van der Waals surface area (Å²) in [6, 6.07) is 23.4. The van der Waals surface area contributed by atoms with Gasteiger partial charge in [0.2, 0.25) is 0 Å². The minimum absolute atomic E-state index is 0.116. The van der Waals surface area contributed by atoms with E-state index in [0.717, 1.165) is 29.0 Å². The number of hydrogen-bond acceptors (Lipinski definition) is 2. The minimum atomic E-state index is -0.116. The Labute approximate surface area is 154 Å². The second kappa shape index (κ2) is 8.34. The molecule has 0 fully saturated rings. The van der Waals surface area contributed by atoms with Crippen molar-refractivity contribution >= 4 is 11.6 Å². The van der Waals surface area contributed by atoms with Crippen LogP contribution in [0.5, 0.6) is 5.75 Å². The molecule has 0 aliphatic carbocycles. The van der Waals surface area contributed by atoms with Crippen LogP contribution >= 0.6 is 0 Å². The predicted molar refractivity (Wildman–Crippen MR) is 106 cm³/mol. The highest BCUT2D eigenvalue weighted by molar-refractivity contribution is 6.04. The Morgan fingerprint density at radius 2 is 1.62 bits per heavy atom. The Kier molecular flexibility index (Phi) is 5.69. The maximum Gasteiger partial charge on any atom is 0.255 e. The van der Waals surface area contributed by atoms with Crippen LogP contribution in [0.15, 0.2) is 72.8 Å². The van der Waals surface area contributed by atoms with Crippen molar-refractivity contribution in [3.05, 3.63) is 95.1 Å². The van der Waals surface area contributed by atoms with E-state index >= 15 is 0 Å². The zero-order valence-electron chi connectivity index (χ0n) is 15.2. The first-order chi connectivity index (χ1) is 12.6. The van der Waals surface area contributed by atoms with Gasteiger partial charge in [-0.15, -0.1) is 0 Å². The first-order valence-electron chi connectivity index (χ1n) is 8.78. The van der Waals surface area contributed by atoms with Gasteiger partial charge in [0.05, 0.1) is 6.61 Å². The maximum atomic E-state index is 12.4. The molecule has 0 aromatic heterocycles. The molecule has 0 saturated heterocycles. The molecule has 132 valence electrons. The number of carbonyl (C=O) groups is 1. The summed E-state index contributed by atoms with van der Waals surface area (Å²) in [6.07, 6.45) is 0.857. The molecule has 3 nitrogen and oxygen atoms in total. The van der Waals surface area contributed by atoms with Gasteiger partial charge < -0.3 is 10.1 Å². The third-order valence-corrected chi connectivity index (χ3v) is 4.47. The van der Waals surface area contributed by atoms with Crippen LogP contribution in [0.25, 0.3) is 0 Å². The second-order valence-corrected chi connectivity index (χ2v) is 6.31. The molecule has 0 atom stereocenters. The molecule has 0 aliphatic rings. The fourth-order valence-corrected chi connectivity index (χ4v) is 2.71. The van der Waals surface area contributed by atoms with Crippen LogP contribution in [-0.2, 0) is 6.42 Å². The lowest BCUT2D eigenvalue weighted by Gasteiger charge is -2.11. The van der Waals surface area contributed by atoms with Crippen molar-refractivity contribution in [3.63, 3.8) is 0 Å². The number of anilines is 1. The quantitative estimate of drug-likeness (QED) is 0.669. The molecule has 0 heterocycles. The van der Waals surface area contributed by atoms with Gasteiger partial charge in [-0.1, -0.05) is 42.5 Å². The van der Waals surface area contributed by atoms with Crippen molar-refractivity contribution in [2.75, 3.05) is 11.9 Å². The summed E-state index contributed by atoms with van der Waals surface area (Å²) < 4.78 is 5.77.